The van der Waals surface area contributed by atoms with E-state index in [1.165, 1.54) is 0 Å². The minimum atomic E-state index is 0. The molecule has 1 saturated heterocycles. The maximum Gasteiger partial charge on any atom is 0.225 e. The van der Waals surface area contributed by atoms with Crippen molar-refractivity contribution in [1.82, 2.24) is 9.80 Å². The van der Waals surface area contributed by atoms with Gasteiger partial charge in [0.1, 0.15) is 0 Å². The van der Waals surface area contributed by atoms with Gasteiger partial charge in [-0.2, -0.15) is 0 Å². The van der Waals surface area contributed by atoms with Gasteiger partial charge in [0, 0.05) is 44.2 Å². The van der Waals surface area contributed by atoms with Crippen LogP contribution in [-0.4, -0.2) is 54.0 Å². The fourth-order valence-electron chi connectivity index (χ4n) is 3.08. The fourth-order valence-corrected chi connectivity index (χ4v) is 3.08. The molecule has 0 atom stereocenters. The smallest absolute Gasteiger partial charge is 0.225 e. The van der Waals surface area contributed by atoms with E-state index < -0.39 is 0 Å². The first kappa shape index (κ1) is 20.0. The highest BCUT2D eigenvalue weighted by atomic mass is 35.5. The molecular formula is C14H29Cl2N3O. The van der Waals surface area contributed by atoms with Crippen molar-refractivity contribution in [1.29, 1.82) is 0 Å². The molecule has 2 N–H and O–H groups in total. The molecule has 0 unspecified atom stereocenters. The molecule has 1 aliphatic carbocycles. The van der Waals surface area contributed by atoms with Gasteiger partial charge >= 0.3 is 0 Å². The Hall–Kier alpha value is -0.0300. The van der Waals surface area contributed by atoms with Crippen molar-refractivity contribution in [3.05, 3.63) is 0 Å². The van der Waals surface area contributed by atoms with E-state index >= 15 is 0 Å². The predicted octanol–water partition coefficient (Wildman–Crippen LogP) is 1.90. The summed E-state index contributed by atoms with van der Waals surface area (Å²) in [6.07, 6.45) is 4.01. The van der Waals surface area contributed by atoms with E-state index in [1.807, 2.05) is 0 Å². The first-order valence-corrected chi connectivity index (χ1v) is 7.36. The van der Waals surface area contributed by atoms with Gasteiger partial charge in [0.2, 0.25) is 5.91 Å². The third kappa shape index (κ3) is 5.06. The Kier molecular flexibility index (Phi) is 9.07. The number of nitrogens with two attached hydrogens (primary N) is 1. The monoisotopic (exact) mass is 325 g/mol. The van der Waals surface area contributed by atoms with Gasteiger partial charge in [-0.25, -0.2) is 0 Å². The predicted molar refractivity (Wildman–Crippen MR) is 87.7 cm³/mol. The normalized spacial score (nSPS) is 27.7. The number of nitrogens with zero attached hydrogens (tertiary/aromatic N) is 2. The molecule has 120 valence electrons. The van der Waals surface area contributed by atoms with Crippen molar-refractivity contribution in [2.45, 2.75) is 51.6 Å². The average molecular weight is 326 g/mol. The van der Waals surface area contributed by atoms with E-state index in [-0.39, 0.29) is 30.7 Å². The van der Waals surface area contributed by atoms with Crippen LogP contribution in [-0.2, 0) is 4.79 Å². The van der Waals surface area contributed by atoms with Crippen LogP contribution in [0.4, 0.5) is 0 Å². The molecule has 0 bridgehead atoms. The summed E-state index contributed by atoms with van der Waals surface area (Å²) in [6, 6.07) is 0.918. The molecule has 4 nitrogen and oxygen atoms in total. The first-order valence-electron chi connectivity index (χ1n) is 7.36. The summed E-state index contributed by atoms with van der Waals surface area (Å²) in [6.45, 7) is 8.30. The third-order valence-electron chi connectivity index (χ3n) is 4.48. The number of amides is 1. The largest absolute Gasteiger partial charge is 0.340 e. The van der Waals surface area contributed by atoms with Crippen molar-refractivity contribution >= 4 is 30.7 Å². The second kappa shape index (κ2) is 9.08. The number of hydrogen-bond acceptors (Lipinski definition) is 3. The van der Waals surface area contributed by atoms with E-state index in [9.17, 15) is 4.79 Å². The maximum atomic E-state index is 12.4. The van der Waals surface area contributed by atoms with Crippen LogP contribution < -0.4 is 5.73 Å². The van der Waals surface area contributed by atoms with Gasteiger partial charge in [-0.3, -0.25) is 9.69 Å². The van der Waals surface area contributed by atoms with Crippen LogP contribution in [0.3, 0.4) is 0 Å². The van der Waals surface area contributed by atoms with Crippen molar-refractivity contribution in [2.24, 2.45) is 11.7 Å². The molecule has 2 fully saturated rings. The summed E-state index contributed by atoms with van der Waals surface area (Å²) in [7, 11) is 0. The zero-order valence-electron chi connectivity index (χ0n) is 12.6. The fraction of sp³-hybridized carbons (Fsp3) is 0.929. The van der Waals surface area contributed by atoms with Gasteiger partial charge in [-0.05, 0) is 39.5 Å². The Labute approximate surface area is 135 Å². The third-order valence-corrected chi connectivity index (χ3v) is 4.48. The summed E-state index contributed by atoms with van der Waals surface area (Å²) in [5.74, 6) is 0.626. The molecule has 0 aromatic rings. The molecule has 0 radical (unpaired) electrons. The van der Waals surface area contributed by atoms with Gasteiger partial charge in [-0.1, -0.05) is 0 Å². The molecule has 0 aromatic heterocycles. The second-order valence-corrected chi connectivity index (χ2v) is 6.07. The summed E-state index contributed by atoms with van der Waals surface area (Å²) < 4.78 is 0. The summed E-state index contributed by atoms with van der Waals surface area (Å²) in [4.78, 5) is 16.9. The van der Waals surface area contributed by atoms with Crippen LogP contribution in [0.1, 0.15) is 39.5 Å². The van der Waals surface area contributed by atoms with E-state index in [1.54, 1.807) is 0 Å². The van der Waals surface area contributed by atoms with Crippen molar-refractivity contribution in [2.75, 3.05) is 26.2 Å². The zero-order chi connectivity index (χ0) is 13.1. The lowest BCUT2D eigenvalue weighted by Crippen LogP contribution is -2.52. The molecule has 20 heavy (non-hydrogen) atoms. The molecule has 2 aliphatic rings. The van der Waals surface area contributed by atoms with Crippen LogP contribution in [0.5, 0.6) is 0 Å². The Morgan fingerprint density at radius 2 is 1.50 bits per heavy atom. The summed E-state index contributed by atoms with van der Waals surface area (Å²) in [5.41, 5.74) is 5.90. The molecule has 6 heteroatoms. The Bertz CT molecular complexity index is 286. The minimum absolute atomic E-state index is 0. The Morgan fingerprint density at radius 1 is 1.00 bits per heavy atom. The molecule has 2 rings (SSSR count). The number of rotatable bonds is 2. The first-order chi connectivity index (χ1) is 8.58. The van der Waals surface area contributed by atoms with Crippen LogP contribution in [0, 0.1) is 5.92 Å². The lowest BCUT2D eigenvalue weighted by Gasteiger charge is -2.39. The number of carbonyl (C=O) groups excluding carboxylic acids is 1. The molecule has 0 spiro atoms. The Morgan fingerprint density at radius 3 is 1.95 bits per heavy atom. The highest BCUT2D eigenvalue weighted by molar-refractivity contribution is 5.85. The van der Waals surface area contributed by atoms with Gasteiger partial charge in [0.05, 0.1) is 0 Å². The van der Waals surface area contributed by atoms with E-state index in [0.29, 0.717) is 18.0 Å². The van der Waals surface area contributed by atoms with Crippen LogP contribution in [0.2, 0.25) is 0 Å². The van der Waals surface area contributed by atoms with E-state index in [2.05, 4.69) is 23.6 Å². The summed E-state index contributed by atoms with van der Waals surface area (Å²) in [5, 5.41) is 0. The summed E-state index contributed by atoms with van der Waals surface area (Å²) >= 11 is 0. The number of halogens is 2. The average Bonchev–Trinajstić information content (AvgIpc) is 2.39. The second-order valence-electron chi connectivity index (χ2n) is 6.07. The zero-order valence-corrected chi connectivity index (χ0v) is 14.2. The molecule has 1 amide bonds. The van der Waals surface area contributed by atoms with Crippen LogP contribution >= 0.6 is 24.8 Å². The lowest BCUT2D eigenvalue weighted by atomic mass is 9.85. The topological polar surface area (TPSA) is 49.6 Å². The molecule has 1 saturated carbocycles. The highest BCUT2D eigenvalue weighted by Crippen LogP contribution is 2.25. The highest BCUT2D eigenvalue weighted by Gasteiger charge is 2.30. The molecular weight excluding hydrogens is 297 g/mol. The number of piperazine rings is 1. The van der Waals surface area contributed by atoms with Crippen LogP contribution in [0.15, 0.2) is 0 Å². The molecule has 1 aliphatic heterocycles. The standard InChI is InChI=1S/C14H27N3O.2ClH/c1-11(2)16-7-9-17(10-8-16)14(18)12-3-5-13(15)6-4-12;;/h11-13H,3-10,15H2,1-2H3;2*1H/t12-,13-;;. The van der Waals surface area contributed by atoms with Crippen LogP contribution in [0.25, 0.3) is 0 Å². The Balaban J connectivity index is 0.00000180. The molecule has 0 aromatic carbocycles. The molecule has 1 heterocycles. The van der Waals surface area contributed by atoms with E-state index in [4.69, 9.17) is 5.73 Å². The minimum Gasteiger partial charge on any atom is -0.340 e. The van der Waals surface area contributed by atoms with Gasteiger partial charge < -0.3 is 10.6 Å². The maximum absolute atomic E-state index is 12.4. The van der Waals surface area contributed by atoms with Crippen molar-refractivity contribution < 1.29 is 4.79 Å². The lowest BCUT2D eigenvalue weighted by molar-refractivity contribution is -0.138. The van der Waals surface area contributed by atoms with Gasteiger partial charge in [0.15, 0.2) is 0 Å². The SMILES string of the molecule is CC(C)N1CCN(C(=O)[C@H]2CC[C@H](N)CC2)CC1.Cl.Cl. The number of hydrogen-bond donors (Lipinski definition) is 1. The quantitative estimate of drug-likeness (QED) is 0.843. The van der Waals surface area contributed by atoms with Crippen molar-refractivity contribution in [3.63, 3.8) is 0 Å². The van der Waals surface area contributed by atoms with Gasteiger partial charge in [-0.15, -0.1) is 24.8 Å². The number of carbonyl (C=O) groups is 1. The van der Waals surface area contributed by atoms with E-state index in [0.717, 1.165) is 51.9 Å². The van der Waals surface area contributed by atoms with Crippen molar-refractivity contribution in [3.8, 4) is 0 Å². The van der Waals surface area contributed by atoms with Gasteiger partial charge in [0.25, 0.3) is 0 Å².